The van der Waals surface area contributed by atoms with E-state index in [1.165, 1.54) is 18.3 Å². The summed E-state index contributed by atoms with van der Waals surface area (Å²) >= 11 is 0. The zero-order chi connectivity index (χ0) is 29.8. The highest BCUT2D eigenvalue weighted by molar-refractivity contribution is 7.92. The number of esters is 1. The number of sulfonamides is 1. The topological polar surface area (TPSA) is 132 Å². The molecule has 0 spiro atoms. The maximum Gasteiger partial charge on any atom is 0.338 e. The predicted molar refractivity (Wildman–Crippen MR) is 161 cm³/mol. The number of rotatable bonds is 10. The molecule has 1 aliphatic heterocycles. The molecule has 1 aliphatic rings. The van der Waals surface area contributed by atoms with Gasteiger partial charge in [0.25, 0.3) is 10.0 Å². The summed E-state index contributed by atoms with van der Waals surface area (Å²) in [5, 5.41) is 11.3. The Morgan fingerprint density at radius 2 is 1.80 bits per heavy atom. The van der Waals surface area contributed by atoms with Crippen molar-refractivity contribution in [3.05, 3.63) is 95.4 Å². The number of aliphatic hydroxyl groups excluding tert-OH is 1. The number of hydrogen-bond donors (Lipinski definition) is 3. The van der Waals surface area contributed by atoms with Crippen molar-refractivity contribution in [1.29, 1.82) is 0 Å². The second kappa shape index (κ2) is 11.9. The molecule has 9 heteroatoms. The van der Waals surface area contributed by atoms with Crippen molar-refractivity contribution in [3.8, 4) is 0 Å². The Morgan fingerprint density at radius 3 is 2.41 bits per heavy atom. The summed E-state index contributed by atoms with van der Waals surface area (Å²) in [6.45, 7) is 7.97. The molecule has 4 rings (SSSR count). The van der Waals surface area contributed by atoms with Gasteiger partial charge in [-0.25, -0.2) is 9.78 Å². The van der Waals surface area contributed by atoms with E-state index in [1.807, 2.05) is 64.1 Å². The van der Waals surface area contributed by atoms with E-state index in [9.17, 15) is 18.3 Å². The van der Waals surface area contributed by atoms with Gasteiger partial charge in [0, 0.05) is 18.0 Å². The lowest BCUT2D eigenvalue weighted by atomic mass is 9.70. The van der Waals surface area contributed by atoms with Crippen LogP contribution in [0.5, 0.6) is 0 Å². The molecule has 0 aliphatic carbocycles. The van der Waals surface area contributed by atoms with Crippen molar-refractivity contribution in [1.82, 2.24) is 4.98 Å². The first kappa shape index (κ1) is 30.1. The molecule has 3 aromatic rings. The third kappa shape index (κ3) is 7.08. The average molecular weight is 578 g/mol. The highest BCUT2D eigenvalue weighted by Gasteiger charge is 2.46. The number of pyridine rings is 1. The third-order valence-corrected chi connectivity index (χ3v) is 8.71. The number of cyclic esters (lactones) is 1. The zero-order valence-electron chi connectivity index (χ0n) is 24.1. The Balaban J connectivity index is 1.66. The summed E-state index contributed by atoms with van der Waals surface area (Å²) in [7, 11) is -3.98. The summed E-state index contributed by atoms with van der Waals surface area (Å²) in [5.41, 5.74) is 7.05. The van der Waals surface area contributed by atoms with Crippen LogP contribution in [-0.2, 0) is 26.0 Å². The number of benzene rings is 2. The molecule has 0 saturated carbocycles. The highest BCUT2D eigenvalue weighted by Crippen LogP contribution is 2.47. The summed E-state index contributed by atoms with van der Waals surface area (Å²) in [6.07, 6.45) is 4.28. The molecule has 2 heterocycles. The molecule has 0 bridgehead atoms. The molecule has 0 fully saturated rings. The van der Waals surface area contributed by atoms with E-state index < -0.39 is 32.9 Å². The SMILES string of the molecule is CCCC1(CCc2ccccc2)CC(O)=C(C(c2cccc(NS(=O)(=O)c3ccc(N)cn3)c2)C(C)(C)C)C(=O)O1. The largest absolute Gasteiger partial charge is 0.512 e. The monoisotopic (exact) mass is 577 g/mol. The van der Waals surface area contributed by atoms with Crippen molar-refractivity contribution in [2.75, 3.05) is 10.5 Å². The Labute approximate surface area is 242 Å². The van der Waals surface area contributed by atoms with Crippen LogP contribution < -0.4 is 10.5 Å². The number of aliphatic hydroxyl groups is 1. The van der Waals surface area contributed by atoms with E-state index in [-0.39, 0.29) is 22.8 Å². The zero-order valence-corrected chi connectivity index (χ0v) is 24.9. The number of aromatic nitrogens is 1. The van der Waals surface area contributed by atoms with Gasteiger partial charge >= 0.3 is 5.97 Å². The number of nitrogens with two attached hydrogens (primary N) is 1. The normalized spacial score (nSPS) is 18.6. The Kier molecular flexibility index (Phi) is 8.77. The van der Waals surface area contributed by atoms with E-state index in [0.717, 1.165) is 18.4 Å². The number of carbonyl (C=O) groups is 1. The first-order valence-electron chi connectivity index (χ1n) is 13.9. The van der Waals surface area contributed by atoms with E-state index in [1.54, 1.807) is 18.2 Å². The van der Waals surface area contributed by atoms with Gasteiger partial charge in [-0.3, -0.25) is 4.72 Å². The van der Waals surface area contributed by atoms with E-state index in [0.29, 0.717) is 29.8 Å². The number of aryl methyl sites for hydroxylation is 1. The molecule has 0 radical (unpaired) electrons. The van der Waals surface area contributed by atoms with Crippen molar-refractivity contribution in [2.24, 2.45) is 5.41 Å². The fraction of sp³-hybridized carbons (Fsp3) is 0.375. The van der Waals surface area contributed by atoms with Crippen LogP contribution in [-0.4, -0.2) is 30.1 Å². The Morgan fingerprint density at radius 1 is 1.07 bits per heavy atom. The minimum atomic E-state index is -3.98. The van der Waals surface area contributed by atoms with Crippen LogP contribution >= 0.6 is 0 Å². The number of hydrogen-bond acceptors (Lipinski definition) is 7. The molecule has 4 N–H and O–H groups in total. The minimum Gasteiger partial charge on any atom is -0.512 e. The van der Waals surface area contributed by atoms with Gasteiger partial charge < -0.3 is 15.6 Å². The van der Waals surface area contributed by atoms with Crippen LogP contribution in [0.15, 0.2) is 89.3 Å². The lowest BCUT2D eigenvalue weighted by molar-refractivity contribution is -0.161. The number of nitrogens with one attached hydrogen (secondary N) is 1. The van der Waals surface area contributed by atoms with E-state index in [2.05, 4.69) is 9.71 Å². The fourth-order valence-corrected chi connectivity index (χ4v) is 6.59. The summed E-state index contributed by atoms with van der Waals surface area (Å²) < 4.78 is 34.7. The number of anilines is 2. The molecular weight excluding hydrogens is 538 g/mol. The van der Waals surface area contributed by atoms with Gasteiger partial charge in [-0.1, -0.05) is 76.6 Å². The molecule has 0 saturated heterocycles. The summed E-state index contributed by atoms with van der Waals surface area (Å²) in [6, 6.07) is 19.7. The van der Waals surface area contributed by atoms with Crippen LogP contribution in [0.1, 0.15) is 70.4 Å². The van der Waals surface area contributed by atoms with Crippen LogP contribution in [0.3, 0.4) is 0 Å². The highest BCUT2D eigenvalue weighted by atomic mass is 32.2. The number of nitrogen functional groups attached to an aromatic ring is 1. The van der Waals surface area contributed by atoms with Gasteiger partial charge in [0.2, 0.25) is 0 Å². The van der Waals surface area contributed by atoms with E-state index >= 15 is 0 Å². The molecule has 0 amide bonds. The first-order valence-corrected chi connectivity index (χ1v) is 15.4. The number of carbonyl (C=O) groups excluding carboxylic acids is 1. The van der Waals surface area contributed by atoms with Gasteiger partial charge in [0.05, 0.1) is 17.5 Å². The first-order chi connectivity index (χ1) is 19.3. The summed E-state index contributed by atoms with van der Waals surface area (Å²) in [4.78, 5) is 17.6. The summed E-state index contributed by atoms with van der Waals surface area (Å²) in [5.74, 6) is -1.06. The maximum absolute atomic E-state index is 13.7. The third-order valence-electron chi connectivity index (χ3n) is 7.41. The molecule has 41 heavy (non-hydrogen) atoms. The molecular formula is C32H39N3O5S. The molecule has 218 valence electrons. The predicted octanol–water partition coefficient (Wildman–Crippen LogP) is 6.53. The average Bonchev–Trinajstić information content (AvgIpc) is 2.90. The molecule has 8 nitrogen and oxygen atoms in total. The van der Waals surface area contributed by atoms with Crippen molar-refractivity contribution >= 4 is 27.4 Å². The lowest BCUT2D eigenvalue weighted by Crippen LogP contribution is -2.43. The minimum absolute atomic E-state index is 0.0275. The second-order valence-electron chi connectivity index (χ2n) is 11.8. The number of nitrogens with zero attached hydrogens (tertiary/aromatic N) is 1. The second-order valence-corrected chi connectivity index (χ2v) is 13.4. The quantitative estimate of drug-likeness (QED) is 0.234. The maximum atomic E-state index is 13.7. The van der Waals surface area contributed by atoms with Crippen molar-refractivity contribution in [2.45, 2.75) is 76.3 Å². The van der Waals surface area contributed by atoms with Crippen molar-refractivity contribution in [3.63, 3.8) is 0 Å². The standard InChI is InChI=1S/C32H39N3O5S/c1-5-17-32(18-16-22-10-7-6-8-11-22)20-26(36)28(30(37)40-32)29(31(2,3)4)23-12-9-13-25(19-23)35-41(38,39)27-15-14-24(33)21-34-27/h6-15,19,21,29,35-36H,5,16-18,20,33H2,1-4H3. The number of ether oxygens (including phenoxy) is 1. The molecule has 2 unspecified atom stereocenters. The molecule has 1 aromatic heterocycles. The van der Waals surface area contributed by atoms with E-state index in [4.69, 9.17) is 10.5 Å². The Bertz CT molecular complexity index is 1510. The van der Waals surface area contributed by atoms with Crippen molar-refractivity contribution < 1.29 is 23.1 Å². The smallest absolute Gasteiger partial charge is 0.338 e. The molecule has 2 atom stereocenters. The van der Waals surface area contributed by atoms with Crippen LogP contribution in [0.4, 0.5) is 11.4 Å². The molecule has 2 aromatic carbocycles. The Hall–Kier alpha value is -3.85. The van der Waals surface area contributed by atoms with Crippen LogP contribution in [0, 0.1) is 5.41 Å². The van der Waals surface area contributed by atoms with Gasteiger partial charge in [-0.15, -0.1) is 0 Å². The van der Waals surface area contributed by atoms with Gasteiger partial charge in [-0.2, -0.15) is 8.42 Å². The lowest BCUT2D eigenvalue weighted by Gasteiger charge is -2.41. The van der Waals surface area contributed by atoms with Gasteiger partial charge in [0.1, 0.15) is 11.4 Å². The van der Waals surface area contributed by atoms with Gasteiger partial charge in [0.15, 0.2) is 5.03 Å². The fourth-order valence-electron chi connectivity index (χ4n) is 5.61. The van der Waals surface area contributed by atoms with Crippen LogP contribution in [0.25, 0.3) is 0 Å². The van der Waals surface area contributed by atoms with Crippen LogP contribution in [0.2, 0.25) is 0 Å². The van der Waals surface area contributed by atoms with Gasteiger partial charge in [-0.05, 0) is 60.1 Å².